The fourth-order valence-electron chi connectivity index (χ4n) is 2.40. The van der Waals surface area contributed by atoms with Crippen LogP contribution in [0.15, 0.2) is 24.3 Å². The van der Waals surface area contributed by atoms with Crippen LogP contribution >= 0.6 is 0 Å². The van der Waals surface area contributed by atoms with Crippen LogP contribution in [0.5, 0.6) is 5.75 Å². The molecule has 0 radical (unpaired) electrons. The lowest BCUT2D eigenvalue weighted by atomic mass is 10.2. The summed E-state index contributed by atoms with van der Waals surface area (Å²) >= 11 is 0. The van der Waals surface area contributed by atoms with Crippen LogP contribution in [0.4, 0.5) is 5.69 Å². The van der Waals surface area contributed by atoms with E-state index in [0.717, 1.165) is 18.5 Å². The van der Waals surface area contributed by atoms with E-state index >= 15 is 0 Å². The normalized spacial score (nSPS) is 15.1. The summed E-state index contributed by atoms with van der Waals surface area (Å²) in [7, 11) is 0. The first-order chi connectivity index (χ1) is 9.78. The van der Waals surface area contributed by atoms with Crippen molar-refractivity contribution in [3.63, 3.8) is 0 Å². The number of carbonyl (C=O) groups is 1. The Morgan fingerprint density at radius 3 is 2.90 bits per heavy atom. The monoisotopic (exact) mass is 277 g/mol. The van der Waals surface area contributed by atoms with Crippen molar-refractivity contribution in [2.45, 2.75) is 31.7 Å². The van der Waals surface area contributed by atoms with Crippen molar-refractivity contribution in [1.29, 1.82) is 0 Å². The van der Waals surface area contributed by atoms with Crippen LogP contribution in [-0.4, -0.2) is 31.6 Å². The van der Waals surface area contributed by atoms with Crippen molar-refractivity contribution in [3.05, 3.63) is 24.3 Å². The zero-order valence-corrected chi connectivity index (χ0v) is 11.7. The molecule has 1 amide bonds. The Bertz CT molecular complexity index is 431. The number of hydrogen-bond acceptors (Lipinski definition) is 4. The Hall–Kier alpha value is -1.75. The van der Waals surface area contributed by atoms with Gasteiger partial charge in [-0.1, -0.05) is 18.9 Å². The van der Waals surface area contributed by atoms with E-state index in [-0.39, 0.29) is 12.5 Å². The summed E-state index contributed by atoms with van der Waals surface area (Å²) < 4.78 is 5.52. The zero-order valence-electron chi connectivity index (χ0n) is 11.7. The molecule has 1 aliphatic carbocycles. The SMILES string of the molecule is NCCNc1cccc(OCC(=O)NC2CCCC2)c1. The van der Waals surface area contributed by atoms with Crippen LogP contribution in [-0.2, 0) is 4.79 Å². The van der Waals surface area contributed by atoms with Gasteiger partial charge in [0.15, 0.2) is 6.61 Å². The molecule has 4 N–H and O–H groups in total. The molecule has 5 nitrogen and oxygen atoms in total. The van der Waals surface area contributed by atoms with Crippen LogP contribution in [0, 0.1) is 0 Å². The first kappa shape index (κ1) is 14.7. The van der Waals surface area contributed by atoms with Crippen LogP contribution in [0.25, 0.3) is 0 Å². The number of carbonyl (C=O) groups excluding carboxylic acids is 1. The molecule has 20 heavy (non-hydrogen) atoms. The largest absolute Gasteiger partial charge is 0.484 e. The van der Waals surface area contributed by atoms with Gasteiger partial charge in [-0.05, 0) is 25.0 Å². The van der Waals surface area contributed by atoms with Gasteiger partial charge in [0.2, 0.25) is 0 Å². The van der Waals surface area contributed by atoms with Gasteiger partial charge in [-0.15, -0.1) is 0 Å². The third kappa shape index (κ3) is 4.74. The standard InChI is InChI=1S/C15H23N3O2/c16-8-9-17-13-6-3-7-14(10-13)20-11-15(19)18-12-4-1-2-5-12/h3,6-7,10,12,17H,1-2,4-5,8-9,11,16H2,(H,18,19). The predicted octanol–water partition coefficient (Wildman–Crippen LogP) is 1.49. The molecule has 1 fully saturated rings. The van der Waals surface area contributed by atoms with Gasteiger partial charge in [0.05, 0.1) is 0 Å². The maximum atomic E-state index is 11.8. The molecule has 2 rings (SSSR count). The average molecular weight is 277 g/mol. The fraction of sp³-hybridized carbons (Fsp3) is 0.533. The molecule has 5 heteroatoms. The number of amides is 1. The van der Waals surface area contributed by atoms with Crippen molar-refractivity contribution in [2.75, 3.05) is 25.0 Å². The fourth-order valence-corrected chi connectivity index (χ4v) is 2.40. The number of benzene rings is 1. The average Bonchev–Trinajstić information content (AvgIpc) is 2.96. The van der Waals surface area contributed by atoms with Crippen LogP contribution in [0.3, 0.4) is 0 Å². The third-order valence-electron chi connectivity index (χ3n) is 3.40. The van der Waals surface area contributed by atoms with Gasteiger partial charge in [-0.3, -0.25) is 4.79 Å². The van der Waals surface area contributed by atoms with Crippen molar-refractivity contribution < 1.29 is 9.53 Å². The molecule has 0 aromatic heterocycles. The molecule has 0 spiro atoms. The van der Waals surface area contributed by atoms with Crippen LogP contribution in [0.2, 0.25) is 0 Å². The topological polar surface area (TPSA) is 76.4 Å². The first-order valence-electron chi connectivity index (χ1n) is 7.24. The lowest BCUT2D eigenvalue weighted by Crippen LogP contribution is -2.36. The second-order valence-electron chi connectivity index (χ2n) is 5.08. The van der Waals surface area contributed by atoms with Gasteiger partial charge < -0.3 is 21.1 Å². The lowest BCUT2D eigenvalue weighted by molar-refractivity contribution is -0.123. The van der Waals surface area contributed by atoms with E-state index in [1.54, 1.807) is 0 Å². The van der Waals surface area contributed by atoms with E-state index in [9.17, 15) is 4.79 Å². The summed E-state index contributed by atoms with van der Waals surface area (Å²) in [6.07, 6.45) is 4.59. The molecule has 0 bridgehead atoms. The first-order valence-corrected chi connectivity index (χ1v) is 7.24. The van der Waals surface area contributed by atoms with E-state index in [2.05, 4.69) is 10.6 Å². The molecule has 0 atom stereocenters. The van der Waals surface area contributed by atoms with Crippen molar-refractivity contribution >= 4 is 11.6 Å². The number of nitrogens with two attached hydrogens (primary N) is 1. The lowest BCUT2D eigenvalue weighted by Gasteiger charge is -2.13. The Kier molecular flexibility index (Phi) is 5.68. The molecule has 1 saturated carbocycles. The van der Waals surface area contributed by atoms with E-state index in [1.165, 1.54) is 12.8 Å². The summed E-state index contributed by atoms with van der Waals surface area (Å²) in [5.74, 6) is 0.644. The Balaban J connectivity index is 1.76. The van der Waals surface area contributed by atoms with E-state index in [1.807, 2.05) is 24.3 Å². The van der Waals surface area contributed by atoms with Crippen LogP contribution in [0.1, 0.15) is 25.7 Å². The minimum Gasteiger partial charge on any atom is -0.484 e. The van der Waals surface area contributed by atoms with Gasteiger partial charge in [-0.25, -0.2) is 0 Å². The molecule has 0 heterocycles. The van der Waals surface area contributed by atoms with Crippen molar-refractivity contribution in [1.82, 2.24) is 5.32 Å². The van der Waals surface area contributed by atoms with Crippen molar-refractivity contribution in [2.24, 2.45) is 5.73 Å². The van der Waals surface area contributed by atoms with E-state index < -0.39 is 0 Å². The molecule has 1 aromatic rings. The molecule has 1 aromatic carbocycles. The number of anilines is 1. The number of ether oxygens (including phenoxy) is 1. The van der Waals surface area contributed by atoms with Gasteiger partial charge in [-0.2, -0.15) is 0 Å². The van der Waals surface area contributed by atoms with Gasteiger partial charge in [0, 0.05) is 30.9 Å². The Morgan fingerprint density at radius 1 is 1.35 bits per heavy atom. The summed E-state index contributed by atoms with van der Waals surface area (Å²) in [5.41, 5.74) is 6.39. The highest BCUT2D eigenvalue weighted by atomic mass is 16.5. The minimum absolute atomic E-state index is 0.0442. The smallest absolute Gasteiger partial charge is 0.258 e. The summed E-state index contributed by atoms with van der Waals surface area (Å²) in [6, 6.07) is 7.89. The highest BCUT2D eigenvalue weighted by Crippen LogP contribution is 2.18. The van der Waals surface area contributed by atoms with Gasteiger partial charge >= 0.3 is 0 Å². The summed E-state index contributed by atoms with van der Waals surface area (Å²) in [6.45, 7) is 1.36. The summed E-state index contributed by atoms with van der Waals surface area (Å²) in [5, 5.41) is 6.18. The maximum Gasteiger partial charge on any atom is 0.258 e. The van der Waals surface area contributed by atoms with E-state index in [4.69, 9.17) is 10.5 Å². The summed E-state index contributed by atoms with van der Waals surface area (Å²) in [4.78, 5) is 11.8. The van der Waals surface area contributed by atoms with Crippen LogP contribution < -0.4 is 21.1 Å². The predicted molar refractivity (Wildman–Crippen MR) is 79.9 cm³/mol. The second kappa shape index (κ2) is 7.75. The molecule has 110 valence electrons. The number of nitrogens with one attached hydrogen (secondary N) is 2. The quantitative estimate of drug-likeness (QED) is 0.706. The van der Waals surface area contributed by atoms with E-state index in [0.29, 0.717) is 24.9 Å². The highest BCUT2D eigenvalue weighted by Gasteiger charge is 2.17. The highest BCUT2D eigenvalue weighted by molar-refractivity contribution is 5.77. The maximum absolute atomic E-state index is 11.8. The number of rotatable bonds is 7. The number of hydrogen-bond donors (Lipinski definition) is 3. The Morgan fingerprint density at radius 2 is 2.15 bits per heavy atom. The molecular formula is C15H23N3O2. The van der Waals surface area contributed by atoms with Gasteiger partial charge in [0.25, 0.3) is 5.91 Å². The molecule has 1 aliphatic rings. The molecule has 0 saturated heterocycles. The minimum atomic E-state index is -0.0442. The van der Waals surface area contributed by atoms with Crippen molar-refractivity contribution in [3.8, 4) is 5.75 Å². The zero-order chi connectivity index (χ0) is 14.2. The third-order valence-corrected chi connectivity index (χ3v) is 3.40. The molecule has 0 aliphatic heterocycles. The van der Waals surface area contributed by atoms with Gasteiger partial charge in [0.1, 0.15) is 5.75 Å². The molecular weight excluding hydrogens is 254 g/mol. The molecule has 0 unspecified atom stereocenters. The second-order valence-corrected chi connectivity index (χ2v) is 5.08. The Labute approximate surface area is 119 Å².